The standard InChI is InChI=1S/C22H24N4O/c1-14(2)25-22-13-23-12-20(26-22)16-6-7-17-11-24-19(9-18(17)8-16)10-21(27)15-4-3-5-15/h6-9,11-15H,3-5,10H2,1-2H3,(H,25,26). The lowest BCUT2D eigenvalue weighted by molar-refractivity contribution is -0.124. The number of ketones is 1. The summed E-state index contributed by atoms with van der Waals surface area (Å²) >= 11 is 0. The van der Waals surface area contributed by atoms with Crippen LogP contribution in [0.4, 0.5) is 5.82 Å². The number of nitrogens with zero attached hydrogens (tertiary/aromatic N) is 3. The molecule has 1 aliphatic rings. The van der Waals surface area contributed by atoms with Gasteiger partial charge in [-0.25, -0.2) is 4.98 Å². The molecule has 0 spiro atoms. The number of fused-ring (bicyclic) bond motifs is 1. The summed E-state index contributed by atoms with van der Waals surface area (Å²) in [6.07, 6.45) is 9.04. The van der Waals surface area contributed by atoms with E-state index in [-0.39, 0.29) is 5.92 Å². The normalized spacial score (nSPS) is 14.3. The highest BCUT2D eigenvalue weighted by Gasteiger charge is 2.25. The van der Waals surface area contributed by atoms with E-state index < -0.39 is 0 Å². The first-order chi connectivity index (χ1) is 13.1. The molecule has 0 amide bonds. The zero-order valence-corrected chi connectivity index (χ0v) is 15.8. The van der Waals surface area contributed by atoms with Gasteiger partial charge in [-0.05, 0) is 44.2 Å². The number of carbonyl (C=O) groups excluding carboxylic acids is 1. The quantitative estimate of drug-likeness (QED) is 0.704. The van der Waals surface area contributed by atoms with Crippen LogP contribution in [0.25, 0.3) is 22.0 Å². The van der Waals surface area contributed by atoms with E-state index >= 15 is 0 Å². The third kappa shape index (κ3) is 3.97. The van der Waals surface area contributed by atoms with Gasteiger partial charge in [-0.15, -0.1) is 0 Å². The topological polar surface area (TPSA) is 67.8 Å². The van der Waals surface area contributed by atoms with Gasteiger partial charge >= 0.3 is 0 Å². The van der Waals surface area contributed by atoms with E-state index in [4.69, 9.17) is 0 Å². The van der Waals surface area contributed by atoms with Gasteiger partial charge in [0.2, 0.25) is 0 Å². The molecule has 1 fully saturated rings. The van der Waals surface area contributed by atoms with Crippen molar-refractivity contribution in [3.05, 3.63) is 48.5 Å². The summed E-state index contributed by atoms with van der Waals surface area (Å²) in [4.78, 5) is 25.7. The Morgan fingerprint density at radius 2 is 2.00 bits per heavy atom. The predicted octanol–water partition coefficient (Wildman–Crippen LogP) is 4.42. The molecular weight excluding hydrogens is 336 g/mol. The van der Waals surface area contributed by atoms with E-state index in [1.54, 1.807) is 12.4 Å². The van der Waals surface area contributed by atoms with Crippen molar-refractivity contribution >= 4 is 22.4 Å². The maximum Gasteiger partial charge on any atom is 0.145 e. The van der Waals surface area contributed by atoms with Gasteiger partial charge in [-0.3, -0.25) is 14.8 Å². The molecule has 2 aromatic heterocycles. The maximum absolute atomic E-state index is 12.3. The Hall–Kier alpha value is -2.82. The molecule has 1 aromatic carbocycles. The molecular formula is C22H24N4O. The SMILES string of the molecule is CC(C)Nc1cncc(-c2ccc3cnc(CC(=O)C4CCC4)cc3c2)n1. The molecule has 0 radical (unpaired) electrons. The fourth-order valence-electron chi connectivity index (χ4n) is 3.37. The lowest BCUT2D eigenvalue weighted by atomic mass is 9.81. The van der Waals surface area contributed by atoms with Gasteiger partial charge in [-0.2, -0.15) is 0 Å². The number of anilines is 1. The van der Waals surface area contributed by atoms with Gasteiger partial charge in [0.15, 0.2) is 0 Å². The zero-order chi connectivity index (χ0) is 18.8. The molecule has 1 saturated carbocycles. The minimum absolute atomic E-state index is 0.250. The number of hydrogen-bond donors (Lipinski definition) is 1. The maximum atomic E-state index is 12.3. The van der Waals surface area contributed by atoms with Gasteiger partial charge in [0.25, 0.3) is 0 Å². The number of aromatic nitrogens is 3. The highest BCUT2D eigenvalue weighted by molar-refractivity contribution is 5.88. The molecule has 0 unspecified atom stereocenters. The first kappa shape index (κ1) is 17.6. The summed E-state index contributed by atoms with van der Waals surface area (Å²) < 4.78 is 0. The fraction of sp³-hybridized carbons (Fsp3) is 0.364. The minimum atomic E-state index is 0.250. The number of nitrogens with one attached hydrogen (secondary N) is 1. The molecule has 0 aliphatic heterocycles. The minimum Gasteiger partial charge on any atom is -0.367 e. The molecule has 1 aliphatic carbocycles. The van der Waals surface area contributed by atoms with Crippen molar-refractivity contribution in [2.45, 2.75) is 45.6 Å². The Bertz CT molecular complexity index is 979. The molecule has 0 saturated heterocycles. The van der Waals surface area contributed by atoms with Crippen LogP contribution in [0.5, 0.6) is 0 Å². The second-order valence-corrected chi connectivity index (χ2v) is 7.60. The van der Waals surface area contributed by atoms with Gasteiger partial charge in [0.1, 0.15) is 11.6 Å². The summed E-state index contributed by atoms with van der Waals surface area (Å²) in [5, 5.41) is 5.41. The summed E-state index contributed by atoms with van der Waals surface area (Å²) in [6, 6.07) is 8.50. The van der Waals surface area contributed by atoms with Crippen LogP contribution in [0.2, 0.25) is 0 Å². The highest BCUT2D eigenvalue weighted by Crippen LogP contribution is 2.29. The fourth-order valence-corrected chi connectivity index (χ4v) is 3.37. The Kier molecular flexibility index (Phi) is 4.84. The van der Waals surface area contributed by atoms with Crippen molar-refractivity contribution in [2.24, 2.45) is 5.92 Å². The van der Waals surface area contributed by atoms with Crippen molar-refractivity contribution in [2.75, 3.05) is 5.32 Å². The van der Waals surface area contributed by atoms with Crippen LogP contribution < -0.4 is 5.32 Å². The van der Waals surface area contributed by atoms with Crippen LogP contribution in [0, 0.1) is 5.92 Å². The van der Waals surface area contributed by atoms with Crippen LogP contribution in [-0.2, 0) is 11.2 Å². The number of pyridine rings is 1. The average Bonchev–Trinajstić information content (AvgIpc) is 2.59. The molecule has 1 N–H and O–H groups in total. The number of benzene rings is 1. The van der Waals surface area contributed by atoms with Crippen LogP contribution in [-0.4, -0.2) is 26.8 Å². The van der Waals surface area contributed by atoms with Crippen molar-refractivity contribution in [3.8, 4) is 11.3 Å². The van der Waals surface area contributed by atoms with E-state index in [9.17, 15) is 4.79 Å². The van der Waals surface area contributed by atoms with Gasteiger partial charge < -0.3 is 5.32 Å². The summed E-state index contributed by atoms with van der Waals surface area (Å²) in [5.74, 6) is 1.34. The third-order valence-corrected chi connectivity index (χ3v) is 5.06. The summed E-state index contributed by atoms with van der Waals surface area (Å²) in [7, 11) is 0. The van der Waals surface area contributed by atoms with Crippen LogP contribution in [0.1, 0.15) is 38.8 Å². The molecule has 5 heteroatoms. The first-order valence-electron chi connectivity index (χ1n) is 9.59. The molecule has 138 valence electrons. The van der Waals surface area contributed by atoms with Gasteiger partial charge in [-0.1, -0.05) is 18.6 Å². The van der Waals surface area contributed by atoms with E-state index in [1.165, 1.54) is 6.42 Å². The summed E-state index contributed by atoms with van der Waals surface area (Å²) in [6.45, 7) is 4.15. The molecule has 0 bridgehead atoms. The number of hydrogen-bond acceptors (Lipinski definition) is 5. The lowest BCUT2D eigenvalue weighted by Crippen LogP contribution is -2.23. The zero-order valence-electron chi connectivity index (χ0n) is 15.8. The van der Waals surface area contributed by atoms with Crippen LogP contribution >= 0.6 is 0 Å². The summed E-state index contributed by atoms with van der Waals surface area (Å²) in [5.41, 5.74) is 2.68. The Morgan fingerprint density at radius 1 is 1.15 bits per heavy atom. The van der Waals surface area contributed by atoms with Crippen LogP contribution in [0.15, 0.2) is 42.9 Å². The largest absolute Gasteiger partial charge is 0.367 e. The molecule has 27 heavy (non-hydrogen) atoms. The second kappa shape index (κ2) is 7.43. The van der Waals surface area contributed by atoms with Crippen molar-refractivity contribution in [1.29, 1.82) is 0 Å². The van der Waals surface area contributed by atoms with Crippen molar-refractivity contribution in [1.82, 2.24) is 15.0 Å². The third-order valence-electron chi connectivity index (χ3n) is 5.06. The number of Topliss-reactive ketones (excluding diaryl/α,β-unsaturated/α-hetero) is 1. The van der Waals surface area contributed by atoms with Crippen LogP contribution in [0.3, 0.4) is 0 Å². The van der Waals surface area contributed by atoms with E-state index in [1.807, 2.05) is 24.4 Å². The van der Waals surface area contributed by atoms with Crippen molar-refractivity contribution in [3.63, 3.8) is 0 Å². The van der Waals surface area contributed by atoms with E-state index in [0.717, 1.165) is 46.4 Å². The molecule has 0 atom stereocenters. The Morgan fingerprint density at radius 3 is 2.74 bits per heavy atom. The average molecular weight is 360 g/mol. The Labute approximate surface area is 159 Å². The van der Waals surface area contributed by atoms with Crippen molar-refractivity contribution < 1.29 is 4.79 Å². The van der Waals surface area contributed by atoms with Gasteiger partial charge in [0, 0.05) is 41.2 Å². The highest BCUT2D eigenvalue weighted by atomic mass is 16.1. The molecule has 4 rings (SSSR count). The first-order valence-corrected chi connectivity index (χ1v) is 9.59. The predicted molar refractivity (Wildman–Crippen MR) is 108 cm³/mol. The molecule has 5 nitrogen and oxygen atoms in total. The van der Waals surface area contributed by atoms with Gasteiger partial charge in [0.05, 0.1) is 18.1 Å². The van der Waals surface area contributed by atoms with E-state index in [0.29, 0.717) is 18.2 Å². The second-order valence-electron chi connectivity index (χ2n) is 7.60. The lowest BCUT2D eigenvalue weighted by Gasteiger charge is -2.23. The molecule has 3 aromatic rings. The number of carbonyl (C=O) groups is 1. The molecule has 2 heterocycles. The van der Waals surface area contributed by atoms with E-state index in [2.05, 4.69) is 40.2 Å². The Balaban J connectivity index is 1.61. The number of rotatable bonds is 6. The monoisotopic (exact) mass is 360 g/mol. The smallest absolute Gasteiger partial charge is 0.145 e.